The molecule has 1 heterocycles. The zero-order valence-electron chi connectivity index (χ0n) is 10.7. The van der Waals surface area contributed by atoms with Crippen LogP contribution in [0.5, 0.6) is 5.75 Å². The summed E-state index contributed by atoms with van der Waals surface area (Å²) in [5.41, 5.74) is 0.420. The molecule has 1 aliphatic rings. The number of carbonyl (C=O) groups is 3. The lowest BCUT2D eigenvalue weighted by Gasteiger charge is -2.14. The molecule has 106 valence electrons. The zero-order chi connectivity index (χ0) is 14.7. The van der Waals surface area contributed by atoms with E-state index in [2.05, 4.69) is 0 Å². The maximum atomic E-state index is 12.1. The minimum Gasteiger partial charge on any atom is -0.494 e. The van der Waals surface area contributed by atoms with Gasteiger partial charge in [-0.3, -0.25) is 14.4 Å². The third-order valence-corrected chi connectivity index (χ3v) is 3.72. The van der Waals surface area contributed by atoms with Crippen LogP contribution < -0.4 is 9.64 Å². The molecule has 1 atom stereocenters. The number of anilines is 1. The van der Waals surface area contributed by atoms with Gasteiger partial charge < -0.3 is 9.84 Å². The fourth-order valence-corrected chi connectivity index (χ4v) is 2.81. The summed E-state index contributed by atoms with van der Waals surface area (Å²) >= 11 is 0.745. The number of aliphatic carboxylic acids is 1. The molecule has 1 unspecified atom stereocenters. The fourth-order valence-electron chi connectivity index (χ4n) is 1.84. The normalized spacial score (nSPS) is 18.4. The molecule has 1 aromatic rings. The van der Waals surface area contributed by atoms with Crippen LogP contribution in [0.15, 0.2) is 24.3 Å². The zero-order valence-corrected chi connectivity index (χ0v) is 11.6. The standard InChI is InChI=1S/C13H13NO5S/c1-2-19-9-5-3-8(4-6-9)14-12(17)10(7-11(15)16)20-13(14)18/h3-6,10H,2,7H2,1H3,(H,15,16). The number of hydrogen-bond acceptors (Lipinski definition) is 5. The number of hydrogen-bond donors (Lipinski definition) is 1. The highest BCUT2D eigenvalue weighted by molar-refractivity contribution is 8.15. The van der Waals surface area contributed by atoms with Gasteiger partial charge in [0.05, 0.1) is 18.7 Å². The molecule has 20 heavy (non-hydrogen) atoms. The van der Waals surface area contributed by atoms with E-state index in [4.69, 9.17) is 9.84 Å². The number of rotatable bonds is 5. The molecule has 1 aliphatic heterocycles. The first-order valence-electron chi connectivity index (χ1n) is 6.02. The molecule has 1 N–H and O–H groups in total. The summed E-state index contributed by atoms with van der Waals surface area (Å²) in [6.07, 6.45) is -0.358. The summed E-state index contributed by atoms with van der Waals surface area (Å²) < 4.78 is 5.28. The third kappa shape index (κ3) is 2.93. The third-order valence-electron chi connectivity index (χ3n) is 2.69. The predicted octanol–water partition coefficient (Wildman–Crippen LogP) is 2.13. The number of nitrogens with zero attached hydrogens (tertiary/aromatic N) is 1. The predicted molar refractivity (Wildman–Crippen MR) is 74.1 cm³/mol. The van der Waals surface area contributed by atoms with Crippen molar-refractivity contribution in [3.8, 4) is 5.75 Å². The Kier molecular flexibility index (Phi) is 4.29. The summed E-state index contributed by atoms with van der Waals surface area (Å²) in [4.78, 5) is 35.5. The van der Waals surface area contributed by atoms with Gasteiger partial charge in [-0.05, 0) is 43.0 Å². The SMILES string of the molecule is CCOc1ccc(N2C(=O)SC(CC(=O)O)C2=O)cc1. The van der Waals surface area contributed by atoms with Gasteiger partial charge in [0.1, 0.15) is 11.0 Å². The van der Waals surface area contributed by atoms with Gasteiger partial charge in [0.15, 0.2) is 0 Å². The van der Waals surface area contributed by atoms with Gasteiger partial charge in [-0.25, -0.2) is 4.90 Å². The number of benzene rings is 1. The molecule has 0 saturated carbocycles. The minimum atomic E-state index is -1.10. The lowest BCUT2D eigenvalue weighted by molar-refractivity contribution is -0.138. The number of ether oxygens (including phenoxy) is 1. The van der Waals surface area contributed by atoms with E-state index < -0.39 is 22.4 Å². The van der Waals surface area contributed by atoms with Crippen LogP contribution in [-0.4, -0.2) is 34.1 Å². The quantitative estimate of drug-likeness (QED) is 0.895. The van der Waals surface area contributed by atoms with Crippen molar-refractivity contribution < 1.29 is 24.2 Å². The average Bonchev–Trinajstić information content (AvgIpc) is 2.65. The second-order valence-corrected chi connectivity index (χ2v) is 5.22. The molecule has 0 aromatic heterocycles. The highest BCUT2D eigenvalue weighted by atomic mass is 32.2. The molecule has 2 rings (SSSR count). The largest absolute Gasteiger partial charge is 0.494 e. The van der Waals surface area contributed by atoms with E-state index in [9.17, 15) is 14.4 Å². The van der Waals surface area contributed by atoms with Gasteiger partial charge >= 0.3 is 5.97 Å². The van der Waals surface area contributed by atoms with Crippen LogP contribution >= 0.6 is 11.8 Å². The van der Waals surface area contributed by atoms with Gasteiger partial charge in [0.2, 0.25) is 5.91 Å². The number of carboxylic acid groups (broad SMARTS) is 1. The number of carboxylic acids is 1. The molecular formula is C13H13NO5S. The van der Waals surface area contributed by atoms with Gasteiger partial charge in [-0.15, -0.1) is 0 Å². The Labute approximate surface area is 119 Å². The average molecular weight is 295 g/mol. The summed E-state index contributed by atoms with van der Waals surface area (Å²) in [7, 11) is 0. The summed E-state index contributed by atoms with van der Waals surface area (Å²) in [5.74, 6) is -0.950. The summed E-state index contributed by atoms with van der Waals surface area (Å²) in [6, 6.07) is 6.53. The lowest BCUT2D eigenvalue weighted by atomic mass is 10.2. The molecule has 1 aromatic carbocycles. The number of imide groups is 1. The second kappa shape index (κ2) is 5.96. The Bertz CT molecular complexity index is 542. The number of thioether (sulfide) groups is 1. The molecule has 0 aliphatic carbocycles. The van der Waals surface area contributed by atoms with Gasteiger partial charge in [-0.1, -0.05) is 0 Å². The Morgan fingerprint density at radius 1 is 1.35 bits per heavy atom. The molecular weight excluding hydrogens is 282 g/mol. The number of carbonyl (C=O) groups excluding carboxylic acids is 2. The first kappa shape index (κ1) is 14.4. The van der Waals surface area contributed by atoms with Gasteiger partial charge in [0.25, 0.3) is 5.24 Å². The fraction of sp³-hybridized carbons (Fsp3) is 0.308. The van der Waals surface area contributed by atoms with E-state index in [1.165, 1.54) is 0 Å². The van der Waals surface area contributed by atoms with Crippen molar-refractivity contribution >= 4 is 34.6 Å². The summed E-state index contributed by atoms with van der Waals surface area (Å²) in [6.45, 7) is 2.38. The van der Waals surface area contributed by atoms with Crippen molar-refractivity contribution in [1.29, 1.82) is 0 Å². The van der Waals surface area contributed by atoms with Crippen molar-refractivity contribution in [1.82, 2.24) is 0 Å². The van der Waals surface area contributed by atoms with E-state index in [1.54, 1.807) is 24.3 Å². The van der Waals surface area contributed by atoms with E-state index in [1.807, 2.05) is 6.92 Å². The van der Waals surface area contributed by atoms with Crippen molar-refractivity contribution in [2.75, 3.05) is 11.5 Å². The van der Waals surface area contributed by atoms with E-state index in [0.29, 0.717) is 18.0 Å². The maximum Gasteiger partial charge on any atom is 0.305 e. The van der Waals surface area contributed by atoms with Crippen molar-refractivity contribution in [2.45, 2.75) is 18.6 Å². The van der Waals surface area contributed by atoms with Crippen LogP contribution in [-0.2, 0) is 9.59 Å². The number of amides is 2. The van der Waals surface area contributed by atoms with Gasteiger partial charge in [-0.2, -0.15) is 0 Å². The minimum absolute atomic E-state index is 0.358. The summed E-state index contributed by atoms with van der Waals surface area (Å²) in [5, 5.41) is 7.41. The molecule has 0 radical (unpaired) electrons. The highest BCUT2D eigenvalue weighted by Crippen LogP contribution is 2.33. The van der Waals surface area contributed by atoms with Crippen LogP contribution in [0, 0.1) is 0 Å². The second-order valence-electron chi connectivity index (χ2n) is 4.07. The topological polar surface area (TPSA) is 83.9 Å². The van der Waals surface area contributed by atoms with Gasteiger partial charge in [0, 0.05) is 0 Å². The molecule has 0 spiro atoms. The van der Waals surface area contributed by atoms with Crippen LogP contribution in [0.2, 0.25) is 0 Å². The first-order valence-corrected chi connectivity index (χ1v) is 6.90. The molecule has 1 fully saturated rings. The molecule has 0 bridgehead atoms. The smallest absolute Gasteiger partial charge is 0.305 e. The molecule has 1 saturated heterocycles. The van der Waals surface area contributed by atoms with Crippen molar-refractivity contribution in [3.63, 3.8) is 0 Å². The molecule has 6 nitrogen and oxygen atoms in total. The van der Waals surface area contributed by atoms with Crippen LogP contribution in [0.25, 0.3) is 0 Å². The van der Waals surface area contributed by atoms with Crippen LogP contribution in [0.1, 0.15) is 13.3 Å². The van der Waals surface area contributed by atoms with E-state index in [-0.39, 0.29) is 6.42 Å². The van der Waals surface area contributed by atoms with E-state index >= 15 is 0 Å². The van der Waals surface area contributed by atoms with E-state index in [0.717, 1.165) is 16.7 Å². The molecule has 7 heteroatoms. The Morgan fingerprint density at radius 2 is 2.00 bits per heavy atom. The van der Waals surface area contributed by atoms with Crippen LogP contribution in [0.4, 0.5) is 10.5 Å². The van der Waals surface area contributed by atoms with Crippen molar-refractivity contribution in [2.24, 2.45) is 0 Å². The Balaban J connectivity index is 2.17. The molecule has 2 amide bonds. The van der Waals surface area contributed by atoms with Crippen LogP contribution in [0.3, 0.4) is 0 Å². The monoisotopic (exact) mass is 295 g/mol. The van der Waals surface area contributed by atoms with Crippen molar-refractivity contribution in [3.05, 3.63) is 24.3 Å². The lowest BCUT2D eigenvalue weighted by Crippen LogP contribution is -2.32. The maximum absolute atomic E-state index is 12.1. The Morgan fingerprint density at radius 3 is 2.55 bits per heavy atom. The Hall–Kier alpha value is -2.02. The first-order chi connectivity index (χ1) is 9.52. The highest BCUT2D eigenvalue weighted by Gasteiger charge is 2.41.